The van der Waals surface area contributed by atoms with Gasteiger partial charge in [0.2, 0.25) is 0 Å². The number of nitrogens with zero attached hydrogens (tertiary/aromatic N) is 4. The number of benzene rings is 2. The first kappa shape index (κ1) is 18.3. The van der Waals surface area contributed by atoms with Crippen molar-refractivity contribution in [2.75, 3.05) is 5.32 Å². The molecule has 0 spiro atoms. The van der Waals surface area contributed by atoms with E-state index in [0.717, 1.165) is 19.3 Å². The second-order valence-electron chi connectivity index (χ2n) is 7.23. The second-order valence-corrected chi connectivity index (χ2v) is 7.23. The Morgan fingerprint density at radius 3 is 2.77 bits per heavy atom. The SMILES string of the molecule is O=C(N[C@@H]1CCC[C@@H]1Nc1nc2ccc(F)cc2o1)c1ccccc1-n1nccn1. The molecule has 30 heavy (non-hydrogen) atoms. The van der Waals surface area contributed by atoms with Crippen LogP contribution < -0.4 is 10.6 Å². The molecule has 2 atom stereocenters. The van der Waals surface area contributed by atoms with Crippen LogP contribution in [0.15, 0.2) is 59.3 Å². The zero-order chi connectivity index (χ0) is 20.5. The lowest BCUT2D eigenvalue weighted by Crippen LogP contribution is -2.43. The minimum Gasteiger partial charge on any atom is -0.423 e. The largest absolute Gasteiger partial charge is 0.423 e. The molecule has 0 aliphatic heterocycles. The van der Waals surface area contributed by atoms with E-state index in [1.54, 1.807) is 30.6 Å². The molecule has 1 aliphatic rings. The van der Waals surface area contributed by atoms with Gasteiger partial charge >= 0.3 is 0 Å². The van der Waals surface area contributed by atoms with E-state index in [1.807, 2.05) is 12.1 Å². The van der Waals surface area contributed by atoms with E-state index in [0.29, 0.717) is 28.4 Å². The van der Waals surface area contributed by atoms with Crippen molar-refractivity contribution in [1.29, 1.82) is 0 Å². The predicted molar refractivity (Wildman–Crippen MR) is 108 cm³/mol. The summed E-state index contributed by atoms with van der Waals surface area (Å²) in [5.41, 5.74) is 2.08. The van der Waals surface area contributed by atoms with E-state index in [9.17, 15) is 9.18 Å². The fourth-order valence-corrected chi connectivity index (χ4v) is 3.85. The van der Waals surface area contributed by atoms with E-state index in [1.165, 1.54) is 16.9 Å². The molecule has 2 heterocycles. The molecule has 0 saturated heterocycles. The van der Waals surface area contributed by atoms with Crippen LogP contribution in [0.3, 0.4) is 0 Å². The van der Waals surface area contributed by atoms with Gasteiger partial charge in [0.1, 0.15) is 11.3 Å². The first-order valence-corrected chi connectivity index (χ1v) is 9.76. The van der Waals surface area contributed by atoms with Crippen molar-refractivity contribution < 1.29 is 13.6 Å². The summed E-state index contributed by atoms with van der Waals surface area (Å²) in [6, 6.07) is 11.6. The Labute approximate surface area is 171 Å². The molecule has 0 radical (unpaired) electrons. The van der Waals surface area contributed by atoms with E-state index >= 15 is 0 Å². The molecular weight excluding hydrogens is 387 g/mol. The number of hydrogen-bond donors (Lipinski definition) is 2. The summed E-state index contributed by atoms with van der Waals surface area (Å²) in [6.07, 6.45) is 5.79. The lowest BCUT2D eigenvalue weighted by Gasteiger charge is -2.22. The van der Waals surface area contributed by atoms with Crippen LogP contribution >= 0.6 is 0 Å². The smallest absolute Gasteiger partial charge is 0.295 e. The lowest BCUT2D eigenvalue weighted by molar-refractivity contribution is 0.0935. The summed E-state index contributed by atoms with van der Waals surface area (Å²) in [5.74, 6) is -0.567. The highest BCUT2D eigenvalue weighted by molar-refractivity contribution is 5.98. The minimum atomic E-state index is -0.374. The number of anilines is 1. The maximum atomic E-state index is 13.4. The van der Waals surface area contributed by atoms with Crippen LogP contribution in [0.1, 0.15) is 29.6 Å². The van der Waals surface area contributed by atoms with Crippen LogP contribution in [-0.2, 0) is 0 Å². The molecule has 4 aromatic rings. The Hall–Kier alpha value is -3.75. The Morgan fingerprint density at radius 2 is 1.90 bits per heavy atom. The van der Waals surface area contributed by atoms with Crippen LogP contribution in [0.25, 0.3) is 16.8 Å². The van der Waals surface area contributed by atoms with Crippen molar-refractivity contribution in [3.63, 3.8) is 0 Å². The van der Waals surface area contributed by atoms with Crippen LogP contribution in [0.2, 0.25) is 0 Å². The number of carbonyl (C=O) groups is 1. The summed E-state index contributed by atoms with van der Waals surface area (Å²) < 4.78 is 19.0. The van der Waals surface area contributed by atoms with Crippen molar-refractivity contribution in [3.8, 4) is 5.69 Å². The molecular formula is C21H19FN6O2. The molecule has 9 heteroatoms. The van der Waals surface area contributed by atoms with Crippen molar-refractivity contribution in [2.24, 2.45) is 0 Å². The molecule has 2 aromatic heterocycles. The maximum Gasteiger partial charge on any atom is 0.295 e. The van der Waals surface area contributed by atoms with Gasteiger partial charge in [0.05, 0.1) is 29.7 Å². The van der Waals surface area contributed by atoms with Gasteiger partial charge in [0.15, 0.2) is 5.58 Å². The molecule has 8 nitrogen and oxygen atoms in total. The average Bonchev–Trinajstić information content (AvgIpc) is 3.49. The number of hydrogen-bond acceptors (Lipinski definition) is 6. The molecule has 2 N–H and O–H groups in total. The molecule has 1 saturated carbocycles. The van der Waals surface area contributed by atoms with Crippen LogP contribution in [0, 0.1) is 5.82 Å². The zero-order valence-corrected chi connectivity index (χ0v) is 16.0. The number of aromatic nitrogens is 4. The highest BCUT2D eigenvalue weighted by Gasteiger charge is 2.30. The van der Waals surface area contributed by atoms with Crippen LogP contribution in [0.4, 0.5) is 10.4 Å². The number of carbonyl (C=O) groups excluding carboxylic acids is 1. The van der Waals surface area contributed by atoms with E-state index in [-0.39, 0.29) is 23.8 Å². The number of oxazole rings is 1. The minimum absolute atomic E-state index is 0.0400. The average molecular weight is 406 g/mol. The fraction of sp³-hybridized carbons (Fsp3) is 0.238. The van der Waals surface area contributed by atoms with E-state index < -0.39 is 0 Å². The normalized spacial score (nSPS) is 18.6. The third kappa shape index (κ3) is 3.49. The monoisotopic (exact) mass is 406 g/mol. The standard InChI is InChI=1S/C21H19FN6O2/c22-13-8-9-17-19(12-13)30-21(27-17)26-16-6-3-5-15(16)25-20(29)14-4-1-2-7-18(14)28-23-10-11-24-28/h1-2,4,7-12,15-16H,3,5-6H2,(H,25,29)(H,26,27)/t15-,16+/m1/s1. The Balaban J connectivity index is 1.33. The Bertz CT molecular complexity index is 1190. The number of nitrogens with one attached hydrogen (secondary N) is 2. The topological polar surface area (TPSA) is 97.9 Å². The number of fused-ring (bicyclic) bond motifs is 1. The van der Waals surface area contributed by atoms with Gasteiger partial charge < -0.3 is 15.1 Å². The summed E-state index contributed by atoms with van der Waals surface area (Å²) >= 11 is 0. The van der Waals surface area contributed by atoms with Gasteiger partial charge in [0.25, 0.3) is 11.9 Å². The van der Waals surface area contributed by atoms with Gasteiger partial charge in [-0.1, -0.05) is 12.1 Å². The van der Waals surface area contributed by atoms with Crippen molar-refractivity contribution in [3.05, 3.63) is 66.2 Å². The predicted octanol–water partition coefficient (Wildman–Crippen LogP) is 3.31. The number of amides is 1. The molecule has 5 rings (SSSR count). The van der Waals surface area contributed by atoms with Gasteiger partial charge in [-0.3, -0.25) is 4.79 Å². The summed E-state index contributed by atoms with van der Waals surface area (Å²) in [5, 5.41) is 14.6. The molecule has 1 amide bonds. The van der Waals surface area contributed by atoms with Gasteiger partial charge in [0, 0.05) is 12.1 Å². The first-order valence-electron chi connectivity index (χ1n) is 9.76. The summed E-state index contributed by atoms with van der Waals surface area (Å²) in [4.78, 5) is 18.8. The van der Waals surface area contributed by atoms with Gasteiger partial charge in [-0.15, -0.1) is 0 Å². The molecule has 1 fully saturated rings. The van der Waals surface area contributed by atoms with E-state index in [2.05, 4.69) is 25.8 Å². The van der Waals surface area contributed by atoms with Gasteiger partial charge in [-0.25, -0.2) is 4.39 Å². The summed E-state index contributed by atoms with van der Waals surface area (Å²) in [6.45, 7) is 0. The highest BCUT2D eigenvalue weighted by atomic mass is 19.1. The van der Waals surface area contributed by atoms with Gasteiger partial charge in [-0.05, 0) is 43.5 Å². The summed E-state index contributed by atoms with van der Waals surface area (Å²) in [7, 11) is 0. The number of para-hydroxylation sites is 1. The molecule has 152 valence electrons. The molecule has 2 aromatic carbocycles. The zero-order valence-electron chi connectivity index (χ0n) is 16.0. The van der Waals surface area contributed by atoms with Gasteiger partial charge in [-0.2, -0.15) is 20.0 Å². The fourth-order valence-electron chi connectivity index (χ4n) is 3.85. The molecule has 1 aliphatic carbocycles. The third-order valence-corrected chi connectivity index (χ3v) is 5.27. The molecule has 0 bridgehead atoms. The molecule has 0 unspecified atom stereocenters. The first-order chi connectivity index (χ1) is 14.7. The Kier molecular flexibility index (Phi) is 4.62. The number of rotatable bonds is 5. The maximum absolute atomic E-state index is 13.4. The highest BCUT2D eigenvalue weighted by Crippen LogP contribution is 2.26. The quantitative estimate of drug-likeness (QED) is 0.528. The van der Waals surface area contributed by atoms with Crippen molar-refractivity contribution in [1.82, 2.24) is 25.3 Å². The lowest BCUT2D eigenvalue weighted by atomic mass is 10.1. The van der Waals surface area contributed by atoms with Crippen LogP contribution in [0.5, 0.6) is 0 Å². The Morgan fingerprint density at radius 1 is 1.10 bits per heavy atom. The van der Waals surface area contributed by atoms with Crippen LogP contribution in [-0.4, -0.2) is 38.0 Å². The second kappa shape index (κ2) is 7.58. The van der Waals surface area contributed by atoms with E-state index in [4.69, 9.17) is 4.42 Å². The number of halogens is 1. The third-order valence-electron chi connectivity index (χ3n) is 5.27. The van der Waals surface area contributed by atoms with Crippen molar-refractivity contribution in [2.45, 2.75) is 31.3 Å². The van der Waals surface area contributed by atoms with Crippen molar-refractivity contribution >= 4 is 23.0 Å².